The summed E-state index contributed by atoms with van der Waals surface area (Å²) in [6, 6.07) is -0.0539. The molecule has 2 aliphatic heterocycles. The van der Waals surface area contributed by atoms with E-state index in [-0.39, 0.29) is 23.9 Å². The van der Waals surface area contributed by atoms with Crippen LogP contribution in [0.2, 0.25) is 0 Å². The predicted octanol–water partition coefficient (Wildman–Crippen LogP) is 1.06. The van der Waals surface area contributed by atoms with Gasteiger partial charge in [-0.15, -0.1) is 0 Å². The molecule has 2 N–H and O–H groups in total. The first-order chi connectivity index (χ1) is 8.98. The lowest BCUT2D eigenvalue weighted by atomic mass is 9.94. The summed E-state index contributed by atoms with van der Waals surface area (Å²) < 4.78 is 5.31. The van der Waals surface area contributed by atoms with Gasteiger partial charge < -0.3 is 20.1 Å². The highest BCUT2D eigenvalue weighted by atomic mass is 16.5. The predicted molar refractivity (Wildman–Crippen MR) is 68.9 cm³/mol. The highest BCUT2D eigenvalue weighted by molar-refractivity contribution is 5.75. The van der Waals surface area contributed by atoms with Crippen LogP contribution in [-0.4, -0.2) is 53.8 Å². The minimum absolute atomic E-state index is 0.0539. The van der Waals surface area contributed by atoms with Crippen LogP contribution in [0.3, 0.4) is 0 Å². The van der Waals surface area contributed by atoms with E-state index in [4.69, 9.17) is 9.84 Å². The number of ether oxygens (including phenoxy) is 1. The third kappa shape index (κ3) is 3.83. The molecule has 1 unspecified atom stereocenters. The molecule has 2 heterocycles. The molecule has 19 heavy (non-hydrogen) atoms. The zero-order valence-electron chi connectivity index (χ0n) is 11.4. The third-order valence-electron chi connectivity index (χ3n) is 3.99. The fourth-order valence-corrected chi connectivity index (χ4v) is 2.69. The highest BCUT2D eigenvalue weighted by Crippen LogP contribution is 2.22. The fraction of sp³-hybridized carbons (Fsp3) is 0.846. The largest absolute Gasteiger partial charge is 0.481 e. The van der Waals surface area contributed by atoms with Crippen LogP contribution in [0, 0.1) is 5.92 Å². The number of carbonyl (C=O) groups is 2. The smallest absolute Gasteiger partial charge is 0.317 e. The van der Waals surface area contributed by atoms with E-state index in [1.807, 2.05) is 6.92 Å². The van der Waals surface area contributed by atoms with Crippen LogP contribution in [0.25, 0.3) is 0 Å². The normalized spacial score (nSPS) is 28.4. The van der Waals surface area contributed by atoms with E-state index in [0.29, 0.717) is 26.3 Å². The quantitative estimate of drug-likeness (QED) is 0.803. The molecule has 0 aromatic carbocycles. The molecular weight excluding hydrogens is 248 g/mol. The second-order valence-electron chi connectivity index (χ2n) is 5.82. The number of piperidine rings is 1. The summed E-state index contributed by atoms with van der Waals surface area (Å²) in [5, 5.41) is 11.8. The maximum Gasteiger partial charge on any atom is 0.317 e. The van der Waals surface area contributed by atoms with Crippen molar-refractivity contribution < 1.29 is 19.4 Å². The van der Waals surface area contributed by atoms with Gasteiger partial charge in [0.25, 0.3) is 0 Å². The van der Waals surface area contributed by atoms with Gasteiger partial charge in [-0.05, 0) is 32.1 Å². The molecule has 6 heteroatoms. The Hall–Kier alpha value is -1.30. The average molecular weight is 270 g/mol. The van der Waals surface area contributed by atoms with Crippen molar-refractivity contribution >= 4 is 12.0 Å². The van der Waals surface area contributed by atoms with Crippen molar-refractivity contribution in [3.05, 3.63) is 0 Å². The Morgan fingerprint density at radius 1 is 1.42 bits per heavy atom. The molecule has 0 spiro atoms. The van der Waals surface area contributed by atoms with Gasteiger partial charge in [0.1, 0.15) is 0 Å². The number of carboxylic acid groups (broad SMARTS) is 1. The topological polar surface area (TPSA) is 78.9 Å². The first-order valence-corrected chi connectivity index (χ1v) is 6.85. The summed E-state index contributed by atoms with van der Waals surface area (Å²) in [7, 11) is 0. The van der Waals surface area contributed by atoms with Gasteiger partial charge in [-0.2, -0.15) is 0 Å². The zero-order chi connectivity index (χ0) is 13.9. The second kappa shape index (κ2) is 5.77. The van der Waals surface area contributed by atoms with Crippen molar-refractivity contribution in [2.45, 2.75) is 38.1 Å². The Balaban J connectivity index is 1.77. The monoisotopic (exact) mass is 270 g/mol. The number of urea groups is 1. The minimum atomic E-state index is -0.751. The van der Waals surface area contributed by atoms with E-state index < -0.39 is 5.97 Å². The van der Waals surface area contributed by atoms with Gasteiger partial charge in [0.15, 0.2) is 0 Å². The third-order valence-corrected chi connectivity index (χ3v) is 3.99. The van der Waals surface area contributed by atoms with Crippen LogP contribution in [0.4, 0.5) is 4.79 Å². The maximum absolute atomic E-state index is 12.1. The van der Waals surface area contributed by atoms with Crippen LogP contribution in [0.5, 0.6) is 0 Å². The molecule has 108 valence electrons. The summed E-state index contributed by atoms with van der Waals surface area (Å²) in [6.45, 7) is 4.53. The van der Waals surface area contributed by atoms with Crippen molar-refractivity contribution in [3.8, 4) is 0 Å². The average Bonchev–Trinajstić information content (AvgIpc) is 2.75. The lowest BCUT2D eigenvalue weighted by Crippen LogP contribution is -2.53. The number of carbonyl (C=O) groups excluding carboxylic acids is 1. The summed E-state index contributed by atoms with van der Waals surface area (Å²) >= 11 is 0. The summed E-state index contributed by atoms with van der Waals surface area (Å²) in [4.78, 5) is 24.6. The van der Waals surface area contributed by atoms with Gasteiger partial charge in [0.2, 0.25) is 0 Å². The van der Waals surface area contributed by atoms with Gasteiger partial charge in [-0.3, -0.25) is 4.79 Å². The number of aliphatic carboxylic acids is 1. The number of likely N-dealkylation sites (tertiary alicyclic amines) is 1. The van der Waals surface area contributed by atoms with Gasteiger partial charge >= 0.3 is 12.0 Å². The first kappa shape index (κ1) is 14.1. The van der Waals surface area contributed by atoms with Crippen LogP contribution in [0.1, 0.15) is 32.6 Å². The standard InChI is InChI=1S/C13H22N2O4/c1-13(4-7-19-9-13)14-12(18)15-5-2-10(3-6-15)8-11(16)17/h10H,2-9H2,1H3,(H,14,18)(H,16,17). The molecule has 0 radical (unpaired) electrons. The lowest BCUT2D eigenvalue weighted by molar-refractivity contribution is -0.138. The van der Waals surface area contributed by atoms with E-state index in [1.165, 1.54) is 0 Å². The van der Waals surface area contributed by atoms with Gasteiger partial charge in [0.05, 0.1) is 12.1 Å². The van der Waals surface area contributed by atoms with E-state index in [9.17, 15) is 9.59 Å². The fourth-order valence-electron chi connectivity index (χ4n) is 2.69. The molecule has 2 saturated heterocycles. The number of hydrogen-bond acceptors (Lipinski definition) is 3. The first-order valence-electron chi connectivity index (χ1n) is 6.85. The van der Waals surface area contributed by atoms with Gasteiger partial charge in [-0.1, -0.05) is 0 Å². The van der Waals surface area contributed by atoms with Gasteiger partial charge in [0, 0.05) is 26.1 Å². The maximum atomic E-state index is 12.1. The molecule has 2 fully saturated rings. The van der Waals surface area contributed by atoms with Crippen molar-refractivity contribution in [3.63, 3.8) is 0 Å². The number of nitrogens with zero attached hydrogens (tertiary/aromatic N) is 1. The number of hydrogen-bond donors (Lipinski definition) is 2. The number of nitrogens with one attached hydrogen (secondary N) is 1. The molecular formula is C13H22N2O4. The lowest BCUT2D eigenvalue weighted by Gasteiger charge is -2.34. The molecule has 0 bridgehead atoms. The summed E-state index contributed by atoms with van der Waals surface area (Å²) in [6.07, 6.45) is 2.59. The Kier molecular flexibility index (Phi) is 4.29. The molecule has 6 nitrogen and oxygen atoms in total. The van der Waals surface area contributed by atoms with Crippen LogP contribution in [0.15, 0.2) is 0 Å². The molecule has 0 aromatic heterocycles. The number of amides is 2. The Morgan fingerprint density at radius 3 is 2.63 bits per heavy atom. The highest BCUT2D eigenvalue weighted by Gasteiger charge is 2.33. The van der Waals surface area contributed by atoms with Crippen LogP contribution >= 0.6 is 0 Å². The van der Waals surface area contributed by atoms with Crippen molar-refractivity contribution in [2.75, 3.05) is 26.3 Å². The van der Waals surface area contributed by atoms with Gasteiger partial charge in [-0.25, -0.2) is 4.79 Å². The van der Waals surface area contributed by atoms with E-state index >= 15 is 0 Å². The van der Waals surface area contributed by atoms with Crippen LogP contribution in [-0.2, 0) is 9.53 Å². The SMILES string of the molecule is CC1(NC(=O)N2CCC(CC(=O)O)CC2)CCOC1. The molecule has 2 rings (SSSR count). The van der Waals surface area contributed by atoms with Crippen LogP contribution < -0.4 is 5.32 Å². The number of rotatable bonds is 3. The Bertz CT molecular complexity index is 345. The summed E-state index contributed by atoms with van der Waals surface area (Å²) in [5.41, 5.74) is -0.255. The Morgan fingerprint density at radius 2 is 2.11 bits per heavy atom. The van der Waals surface area contributed by atoms with E-state index in [2.05, 4.69) is 5.32 Å². The molecule has 1 atom stereocenters. The van der Waals surface area contributed by atoms with E-state index in [0.717, 1.165) is 19.3 Å². The second-order valence-corrected chi connectivity index (χ2v) is 5.82. The zero-order valence-corrected chi connectivity index (χ0v) is 11.4. The van der Waals surface area contributed by atoms with Crippen molar-refractivity contribution in [1.29, 1.82) is 0 Å². The van der Waals surface area contributed by atoms with Crippen molar-refractivity contribution in [2.24, 2.45) is 5.92 Å². The molecule has 2 amide bonds. The van der Waals surface area contributed by atoms with Crippen molar-refractivity contribution in [1.82, 2.24) is 10.2 Å². The Labute approximate surface area is 113 Å². The molecule has 0 aliphatic carbocycles. The molecule has 0 aromatic rings. The summed E-state index contributed by atoms with van der Waals surface area (Å²) in [5.74, 6) is -0.550. The number of carboxylic acids is 1. The molecule has 0 saturated carbocycles. The molecule has 2 aliphatic rings. The minimum Gasteiger partial charge on any atom is -0.481 e. The van der Waals surface area contributed by atoms with E-state index in [1.54, 1.807) is 4.90 Å².